The number of aromatic nitrogens is 1. The lowest BCUT2D eigenvalue weighted by molar-refractivity contribution is -0.226. The lowest BCUT2D eigenvalue weighted by Gasteiger charge is -2.72. The molecule has 5 nitrogen and oxygen atoms in total. The van der Waals surface area contributed by atoms with Crippen molar-refractivity contribution in [1.29, 1.82) is 0 Å². The summed E-state index contributed by atoms with van der Waals surface area (Å²) in [6, 6.07) is 13.6. The zero-order valence-electron chi connectivity index (χ0n) is 31.7. The maximum absolute atomic E-state index is 14.8. The highest BCUT2D eigenvalue weighted by molar-refractivity contribution is 5.88. The second kappa shape index (κ2) is 12.2. The molecule has 0 radical (unpaired) electrons. The lowest BCUT2D eigenvalue weighted by Crippen LogP contribution is -2.66. The number of hydrogen-bond acceptors (Lipinski definition) is 3. The number of pyridine rings is 1. The number of carboxylic acids is 1. The van der Waals surface area contributed by atoms with Crippen molar-refractivity contribution in [2.45, 2.75) is 106 Å². The number of rotatable bonds is 7. The number of hydrogen-bond donors (Lipinski definition) is 1. The Morgan fingerprint density at radius 3 is 2.30 bits per heavy atom. The normalized spacial score (nSPS) is 38.5. The van der Waals surface area contributed by atoms with E-state index < -0.39 is 5.97 Å². The van der Waals surface area contributed by atoms with Crippen LogP contribution in [0, 0.1) is 56.7 Å². The van der Waals surface area contributed by atoms with Gasteiger partial charge in [-0.05, 0) is 151 Å². The number of benzene rings is 1. The number of carboxylic acid groups (broad SMARTS) is 1. The second-order valence-electron chi connectivity index (χ2n) is 18.6. The molecule has 0 spiro atoms. The molecule has 4 saturated carbocycles. The molecule has 0 saturated heterocycles. The van der Waals surface area contributed by atoms with Crippen LogP contribution >= 0.6 is 0 Å². The number of amides is 1. The number of aromatic carboxylic acids is 1. The third-order valence-electron chi connectivity index (χ3n) is 16.3. The molecule has 0 aliphatic heterocycles. The van der Waals surface area contributed by atoms with Crippen LogP contribution in [0.5, 0.6) is 0 Å². The fourth-order valence-electron chi connectivity index (χ4n) is 13.7. The highest BCUT2D eigenvalue weighted by Crippen LogP contribution is 2.77. The average molecular weight is 677 g/mol. The first-order chi connectivity index (χ1) is 23.6. The Morgan fingerprint density at radius 1 is 0.900 bits per heavy atom. The summed E-state index contributed by atoms with van der Waals surface area (Å²) in [4.78, 5) is 32.9. The van der Waals surface area contributed by atoms with Crippen LogP contribution in [0.25, 0.3) is 5.57 Å². The maximum Gasteiger partial charge on any atom is 0.335 e. The quantitative estimate of drug-likeness (QED) is 0.296. The molecule has 9 atom stereocenters. The van der Waals surface area contributed by atoms with Gasteiger partial charge in [-0.1, -0.05) is 71.0 Å². The molecule has 268 valence electrons. The van der Waals surface area contributed by atoms with Gasteiger partial charge in [-0.2, -0.15) is 0 Å². The fourth-order valence-corrected chi connectivity index (χ4v) is 13.7. The van der Waals surface area contributed by atoms with Crippen LogP contribution in [0.15, 0.2) is 66.9 Å². The molecule has 50 heavy (non-hydrogen) atoms. The van der Waals surface area contributed by atoms with Crippen molar-refractivity contribution in [3.05, 3.63) is 83.7 Å². The minimum Gasteiger partial charge on any atom is -0.478 e. The fraction of sp³-hybridized carbons (Fsp3) is 0.622. The SMILES string of the molecule is C=C(C)C1CC[C@]2(C(=O)N(C)CCc3ccccn3)CC[C@]3(C)[C@H](CC[C@@H]4[C@@]5(C)CC=C(c6ccc(C(=O)O)cc6)C(C)(C)[C@@H]5CC[C@]43C)[C@@H]12. The summed E-state index contributed by atoms with van der Waals surface area (Å²) in [6.45, 7) is 20.3. The number of carbonyl (C=O) groups is 2. The third-order valence-corrected chi connectivity index (χ3v) is 16.3. The molecule has 1 aromatic heterocycles. The highest BCUT2D eigenvalue weighted by atomic mass is 16.4. The van der Waals surface area contributed by atoms with Crippen molar-refractivity contribution in [3.8, 4) is 0 Å². The monoisotopic (exact) mass is 676 g/mol. The van der Waals surface area contributed by atoms with E-state index in [1.54, 1.807) is 12.1 Å². The highest BCUT2D eigenvalue weighted by Gasteiger charge is 2.71. The summed E-state index contributed by atoms with van der Waals surface area (Å²) in [7, 11) is 2.03. The van der Waals surface area contributed by atoms with Crippen LogP contribution in [0.3, 0.4) is 0 Å². The summed E-state index contributed by atoms with van der Waals surface area (Å²) < 4.78 is 0. The molecular formula is C45H60N2O3. The topological polar surface area (TPSA) is 70.5 Å². The van der Waals surface area contributed by atoms with Gasteiger partial charge in [-0.3, -0.25) is 9.78 Å². The largest absolute Gasteiger partial charge is 0.478 e. The van der Waals surface area contributed by atoms with Crippen molar-refractivity contribution in [2.24, 2.45) is 56.7 Å². The van der Waals surface area contributed by atoms with Crippen LogP contribution in [-0.4, -0.2) is 40.5 Å². The van der Waals surface area contributed by atoms with E-state index in [0.717, 1.165) is 49.8 Å². The molecule has 7 rings (SSSR count). The summed E-state index contributed by atoms with van der Waals surface area (Å²) in [5.41, 5.74) is 5.46. The molecular weight excluding hydrogens is 617 g/mol. The van der Waals surface area contributed by atoms with Crippen molar-refractivity contribution in [3.63, 3.8) is 0 Å². The molecule has 4 fully saturated rings. The Bertz CT molecular complexity index is 1690. The van der Waals surface area contributed by atoms with Crippen LogP contribution < -0.4 is 0 Å². The van der Waals surface area contributed by atoms with E-state index in [1.807, 2.05) is 42.4 Å². The van der Waals surface area contributed by atoms with Crippen LogP contribution in [0.1, 0.15) is 121 Å². The first-order valence-electron chi connectivity index (χ1n) is 19.5. The molecule has 1 aromatic carbocycles. The minimum absolute atomic E-state index is 0.0126. The van der Waals surface area contributed by atoms with Gasteiger partial charge in [-0.15, -0.1) is 0 Å². The van der Waals surface area contributed by atoms with Gasteiger partial charge < -0.3 is 10.0 Å². The second-order valence-corrected chi connectivity index (χ2v) is 18.6. The Hall–Kier alpha value is -3.21. The van der Waals surface area contributed by atoms with Crippen LogP contribution in [-0.2, 0) is 11.2 Å². The van der Waals surface area contributed by atoms with Gasteiger partial charge in [0, 0.05) is 31.9 Å². The lowest BCUT2D eigenvalue weighted by atomic mass is 9.32. The molecule has 1 amide bonds. The first-order valence-corrected chi connectivity index (χ1v) is 19.5. The molecule has 5 aliphatic carbocycles. The van der Waals surface area contributed by atoms with E-state index in [4.69, 9.17) is 0 Å². The van der Waals surface area contributed by atoms with Crippen molar-refractivity contribution >= 4 is 17.4 Å². The van der Waals surface area contributed by atoms with Gasteiger partial charge in [0.25, 0.3) is 0 Å². The number of carbonyl (C=O) groups excluding carboxylic acids is 1. The Balaban J connectivity index is 1.19. The summed E-state index contributed by atoms with van der Waals surface area (Å²) in [5.74, 6) is 1.96. The van der Waals surface area contributed by atoms with Gasteiger partial charge in [0.1, 0.15) is 0 Å². The zero-order valence-corrected chi connectivity index (χ0v) is 31.7. The van der Waals surface area contributed by atoms with Gasteiger partial charge in [0.2, 0.25) is 5.91 Å². The number of allylic oxidation sites excluding steroid dienone is 3. The molecule has 0 bridgehead atoms. The molecule has 2 aromatic rings. The molecule has 1 N–H and O–H groups in total. The van der Waals surface area contributed by atoms with Crippen LogP contribution in [0.2, 0.25) is 0 Å². The van der Waals surface area contributed by atoms with E-state index >= 15 is 0 Å². The Morgan fingerprint density at radius 2 is 1.64 bits per heavy atom. The standard InChI is InChI=1S/C45H60N2O3/c1-29(2)33-18-24-45(40(50)47(8)28-21-32-11-9-10-27-46-32)26-25-43(6)35(38(33)45)16-17-37-42(5)22-19-34(30-12-14-31(15-13-30)39(48)49)41(3,4)36(42)20-23-44(37,43)7/h9-15,19,27,33,35-38H,1,16-18,20-26,28H2,2-8H3,(H,48,49)/t33?,35-,36+,37-,38-,42+,43-,44-,45+/m1/s1. The smallest absolute Gasteiger partial charge is 0.335 e. The molecule has 5 heteroatoms. The minimum atomic E-state index is -0.874. The van der Waals surface area contributed by atoms with Gasteiger partial charge in [0.15, 0.2) is 0 Å². The van der Waals surface area contributed by atoms with E-state index in [1.165, 1.54) is 36.8 Å². The molecule has 5 aliphatic rings. The van der Waals surface area contributed by atoms with Crippen molar-refractivity contribution in [1.82, 2.24) is 9.88 Å². The van der Waals surface area contributed by atoms with E-state index in [-0.39, 0.29) is 27.1 Å². The van der Waals surface area contributed by atoms with E-state index in [0.29, 0.717) is 47.6 Å². The summed E-state index contributed by atoms with van der Waals surface area (Å²) in [5, 5.41) is 9.49. The van der Waals surface area contributed by atoms with Crippen molar-refractivity contribution in [2.75, 3.05) is 13.6 Å². The molecule has 1 heterocycles. The predicted molar refractivity (Wildman–Crippen MR) is 201 cm³/mol. The summed E-state index contributed by atoms with van der Waals surface area (Å²) in [6.07, 6.45) is 15.3. The first kappa shape index (κ1) is 35.2. The number of nitrogens with zero attached hydrogens (tertiary/aromatic N) is 2. The Kier molecular flexibility index (Phi) is 8.59. The van der Waals surface area contributed by atoms with E-state index in [2.05, 4.69) is 65.2 Å². The third kappa shape index (κ3) is 5.02. The predicted octanol–water partition coefficient (Wildman–Crippen LogP) is 10.1. The summed E-state index contributed by atoms with van der Waals surface area (Å²) >= 11 is 0. The number of fused-ring (bicyclic) bond motifs is 7. The maximum atomic E-state index is 14.8. The van der Waals surface area contributed by atoms with E-state index in [9.17, 15) is 14.7 Å². The zero-order chi connectivity index (χ0) is 35.9. The Labute approximate surface area is 301 Å². The van der Waals surface area contributed by atoms with Gasteiger partial charge >= 0.3 is 5.97 Å². The van der Waals surface area contributed by atoms with Crippen molar-refractivity contribution < 1.29 is 14.7 Å². The molecule has 1 unspecified atom stereocenters. The average Bonchev–Trinajstić information content (AvgIpc) is 3.49. The number of likely N-dealkylation sites (N-methyl/N-ethyl adjacent to an activating group) is 1. The van der Waals surface area contributed by atoms with Crippen LogP contribution in [0.4, 0.5) is 0 Å². The van der Waals surface area contributed by atoms with Gasteiger partial charge in [0.05, 0.1) is 11.0 Å². The van der Waals surface area contributed by atoms with Gasteiger partial charge in [-0.25, -0.2) is 4.79 Å².